The normalized spacial score (nSPS) is 9.92. The molecule has 3 heteroatoms. The molecule has 1 radical (unpaired) electrons. The van der Waals surface area contributed by atoms with Crippen molar-refractivity contribution >= 4 is 17.3 Å². The molecule has 1 heterocycles. The summed E-state index contributed by atoms with van der Waals surface area (Å²) in [6.07, 6.45) is 4.53. The van der Waals surface area contributed by atoms with E-state index in [1.165, 1.54) is 0 Å². The molecule has 1 aromatic heterocycles. The summed E-state index contributed by atoms with van der Waals surface area (Å²) in [5.74, 6) is 0. The minimum Gasteiger partial charge on any atom is -0.369 e. The van der Waals surface area contributed by atoms with Gasteiger partial charge in [0, 0.05) is 19.3 Å². The Morgan fingerprint density at radius 1 is 1.50 bits per heavy atom. The fourth-order valence-electron chi connectivity index (χ4n) is 1.10. The van der Waals surface area contributed by atoms with Crippen molar-refractivity contribution in [2.45, 2.75) is 13.8 Å². The van der Waals surface area contributed by atoms with E-state index in [4.69, 9.17) is 11.6 Å². The lowest BCUT2D eigenvalue weighted by molar-refractivity contribution is 0.861. The van der Waals surface area contributed by atoms with Gasteiger partial charge in [0.15, 0.2) is 0 Å². The number of aromatic nitrogens is 1. The lowest BCUT2D eigenvalue weighted by Gasteiger charge is -2.20. The number of anilines is 1. The minimum absolute atomic E-state index is 0.716. The van der Waals surface area contributed by atoms with E-state index in [1.807, 2.05) is 0 Å². The van der Waals surface area contributed by atoms with E-state index >= 15 is 0 Å². The molecule has 1 aromatic rings. The number of hydrogen-bond donors (Lipinski definition) is 0. The number of rotatable bonds is 3. The van der Waals surface area contributed by atoms with Gasteiger partial charge in [0.1, 0.15) is 6.20 Å². The lowest BCUT2D eigenvalue weighted by atomic mass is 10.3. The number of nitrogens with zero attached hydrogens (tertiary/aromatic N) is 2. The summed E-state index contributed by atoms with van der Waals surface area (Å²) < 4.78 is 0. The van der Waals surface area contributed by atoms with Crippen LogP contribution in [0.25, 0.3) is 0 Å². The molecule has 2 nitrogen and oxygen atoms in total. The molecule has 0 aromatic carbocycles. The SMILES string of the molecule is CCN(CC)c1[c]nccc1Cl. The van der Waals surface area contributed by atoms with E-state index in [1.54, 1.807) is 12.3 Å². The first-order valence-electron chi connectivity index (χ1n) is 4.06. The fraction of sp³-hybridized carbons (Fsp3) is 0.444. The van der Waals surface area contributed by atoms with Crippen molar-refractivity contribution in [1.82, 2.24) is 4.98 Å². The molecule has 0 aliphatic carbocycles. The average molecular weight is 184 g/mol. The van der Waals surface area contributed by atoms with E-state index in [0.717, 1.165) is 18.8 Å². The molecule has 0 N–H and O–H groups in total. The van der Waals surface area contributed by atoms with Gasteiger partial charge in [-0.15, -0.1) is 0 Å². The topological polar surface area (TPSA) is 16.1 Å². The third-order valence-corrected chi connectivity index (χ3v) is 2.08. The summed E-state index contributed by atoms with van der Waals surface area (Å²) in [4.78, 5) is 6.03. The maximum Gasteiger partial charge on any atom is 0.116 e. The zero-order valence-electron chi connectivity index (χ0n) is 7.34. The van der Waals surface area contributed by atoms with Crippen molar-refractivity contribution in [3.63, 3.8) is 0 Å². The summed E-state index contributed by atoms with van der Waals surface area (Å²) in [6, 6.07) is 1.78. The summed E-state index contributed by atoms with van der Waals surface area (Å²) in [6.45, 7) is 6.03. The number of hydrogen-bond acceptors (Lipinski definition) is 2. The van der Waals surface area contributed by atoms with E-state index in [9.17, 15) is 0 Å². The second-order valence-corrected chi connectivity index (χ2v) is 2.83. The summed E-state index contributed by atoms with van der Waals surface area (Å²) in [7, 11) is 0. The number of halogens is 1. The highest BCUT2D eigenvalue weighted by Gasteiger charge is 2.05. The van der Waals surface area contributed by atoms with Gasteiger partial charge >= 0.3 is 0 Å². The first kappa shape index (κ1) is 9.33. The molecule has 0 aliphatic rings. The van der Waals surface area contributed by atoms with E-state index < -0.39 is 0 Å². The van der Waals surface area contributed by atoms with Gasteiger partial charge in [-0.05, 0) is 19.9 Å². The van der Waals surface area contributed by atoms with Gasteiger partial charge in [-0.2, -0.15) is 0 Å². The van der Waals surface area contributed by atoms with Crippen molar-refractivity contribution in [3.05, 3.63) is 23.5 Å². The molecule has 0 amide bonds. The Morgan fingerprint density at radius 2 is 2.17 bits per heavy atom. The Kier molecular flexibility index (Phi) is 3.35. The van der Waals surface area contributed by atoms with Crippen LogP contribution in [0.15, 0.2) is 12.3 Å². The highest BCUT2D eigenvalue weighted by atomic mass is 35.5. The zero-order valence-corrected chi connectivity index (χ0v) is 8.10. The van der Waals surface area contributed by atoms with Gasteiger partial charge in [0.2, 0.25) is 0 Å². The molecule has 0 saturated carbocycles. The first-order chi connectivity index (χ1) is 5.79. The molecule has 0 aliphatic heterocycles. The van der Waals surface area contributed by atoms with Gasteiger partial charge in [0.05, 0.1) is 10.7 Å². The molecule has 12 heavy (non-hydrogen) atoms. The molecule has 65 valence electrons. The fourth-order valence-corrected chi connectivity index (χ4v) is 1.31. The highest BCUT2D eigenvalue weighted by Crippen LogP contribution is 2.22. The third kappa shape index (κ3) is 1.89. The van der Waals surface area contributed by atoms with Gasteiger partial charge in [-0.1, -0.05) is 11.6 Å². The predicted molar refractivity (Wildman–Crippen MR) is 51.6 cm³/mol. The largest absolute Gasteiger partial charge is 0.369 e. The summed E-state index contributed by atoms with van der Waals surface area (Å²) in [5, 5.41) is 0.716. The minimum atomic E-state index is 0.716. The molecule has 0 saturated heterocycles. The van der Waals surface area contributed by atoms with Crippen LogP contribution in [0.2, 0.25) is 5.02 Å². The van der Waals surface area contributed by atoms with Gasteiger partial charge in [0.25, 0.3) is 0 Å². The van der Waals surface area contributed by atoms with Crippen LogP contribution in [-0.2, 0) is 0 Å². The number of pyridine rings is 1. The molecule has 0 spiro atoms. The first-order valence-corrected chi connectivity index (χ1v) is 4.44. The Bertz CT molecular complexity index is 246. The smallest absolute Gasteiger partial charge is 0.116 e. The van der Waals surface area contributed by atoms with Crippen LogP contribution < -0.4 is 4.90 Å². The lowest BCUT2D eigenvalue weighted by Crippen LogP contribution is -2.22. The van der Waals surface area contributed by atoms with Crippen molar-refractivity contribution in [1.29, 1.82) is 0 Å². The highest BCUT2D eigenvalue weighted by molar-refractivity contribution is 6.33. The standard InChI is InChI=1S/C9H12ClN2/c1-3-12(4-2)9-7-11-6-5-8(9)10/h5-6H,3-4H2,1-2H3. The van der Waals surface area contributed by atoms with Crippen LogP contribution in [-0.4, -0.2) is 18.1 Å². The van der Waals surface area contributed by atoms with E-state index in [-0.39, 0.29) is 0 Å². The van der Waals surface area contributed by atoms with Crippen LogP contribution in [0.4, 0.5) is 5.69 Å². The Morgan fingerprint density at radius 3 is 2.67 bits per heavy atom. The maximum atomic E-state index is 5.96. The Labute approximate surface area is 78.2 Å². The van der Waals surface area contributed by atoms with Crippen LogP contribution >= 0.6 is 11.6 Å². The van der Waals surface area contributed by atoms with Crippen LogP contribution in [0.1, 0.15) is 13.8 Å². The molecule has 0 bridgehead atoms. The van der Waals surface area contributed by atoms with Gasteiger partial charge < -0.3 is 4.90 Å². The predicted octanol–water partition coefficient (Wildman–Crippen LogP) is 2.38. The van der Waals surface area contributed by atoms with Crippen molar-refractivity contribution in [2.75, 3.05) is 18.0 Å². The molecular formula is C9H12ClN2. The van der Waals surface area contributed by atoms with Crippen molar-refractivity contribution in [3.8, 4) is 0 Å². The monoisotopic (exact) mass is 183 g/mol. The van der Waals surface area contributed by atoms with E-state index in [0.29, 0.717) is 5.02 Å². The summed E-state index contributed by atoms with van der Waals surface area (Å²) >= 11 is 5.96. The Balaban J connectivity index is 2.92. The zero-order chi connectivity index (χ0) is 8.97. The van der Waals surface area contributed by atoms with Crippen molar-refractivity contribution < 1.29 is 0 Å². The summed E-state index contributed by atoms with van der Waals surface area (Å²) in [5.41, 5.74) is 0.893. The molecular weight excluding hydrogens is 172 g/mol. The van der Waals surface area contributed by atoms with Gasteiger partial charge in [-0.3, -0.25) is 4.98 Å². The van der Waals surface area contributed by atoms with Crippen LogP contribution in [0.5, 0.6) is 0 Å². The maximum absolute atomic E-state index is 5.96. The van der Waals surface area contributed by atoms with Gasteiger partial charge in [-0.25, -0.2) is 0 Å². The van der Waals surface area contributed by atoms with Crippen LogP contribution in [0, 0.1) is 6.20 Å². The second-order valence-electron chi connectivity index (χ2n) is 2.43. The van der Waals surface area contributed by atoms with Crippen LogP contribution in [0.3, 0.4) is 0 Å². The average Bonchev–Trinajstić information content (AvgIpc) is 2.10. The second kappa shape index (κ2) is 4.31. The molecule has 0 fully saturated rings. The molecule has 1 rings (SSSR count). The third-order valence-electron chi connectivity index (χ3n) is 1.77. The quantitative estimate of drug-likeness (QED) is 0.716. The molecule has 0 atom stereocenters. The molecule has 0 unspecified atom stereocenters. The Hall–Kier alpha value is -0.760. The van der Waals surface area contributed by atoms with E-state index in [2.05, 4.69) is 29.9 Å². The van der Waals surface area contributed by atoms with Crippen molar-refractivity contribution in [2.24, 2.45) is 0 Å².